The number of aryl methyl sites for hydroxylation is 4. The molecule has 1 N–H and O–H groups in total. The van der Waals surface area contributed by atoms with E-state index in [0.29, 0.717) is 12.8 Å². The Morgan fingerprint density at radius 2 is 1.79 bits per heavy atom. The highest BCUT2D eigenvalue weighted by atomic mass is 16.1. The molecule has 0 saturated heterocycles. The highest BCUT2D eigenvalue weighted by molar-refractivity contribution is 5.92. The highest BCUT2D eigenvalue weighted by Crippen LogP contribution is 2.26. The summed E-state index contributed by atoms with van der Waals surface area (Å²) in [4.78, 5) is 17.6. The number of nitrogens with zero attached hydrogens (tertiary/aromatic N) is 3. The summed E-state index contributed by atoms with van der Waals surface area (Å²) in [5.41, 5.74) is 7.60. The van der Waals surface area contributed by atoms with E-state index in [9.17, 15) is 4.79 Å². The predicted octanol–water partition coefficient (Wildman–Crippen LogP) is 5.33. The zero-order valence-electron chi connectivity index (χ0n) is 18.5. The second-order valence-electron chi connectivity index (χ2n) is 7.93. The molecule has 0 spiro atoms. The molecule has 3 aromatic rings. The Morgan fingerprint density at radius 1 is 1.14 bits per heavy atom. The van der Waals surface area contributed by atoms with Crippen molar-refractivity contribution in [1.82, 2.24) is 14.8 Å². The Hall–Kier alpha value is -2.69. The van der Waals surface area contributed by atoms with Gasteiger partial charge in [-0.25, -0.2) is 9.67 Å². The largest absolute Gasteiger partial charge is 0.326 e. The van der Waals surface area contributed by atoms with Gasteiger partial charge in [-0.15, -0.1) is 0 Å². The van der Waals surface area contributed by atoms with Gasteiger partial charge in [-0.05, 0) is 69.2 Å². The lowest BCUT2D eigenvalue weighted by Crippen LogP contribution is -2.16. The molecule has 154 valence electrons. The fourth-order valence-electron chi connectivity index (χ4n) is 3.98. The molecule has 29 heavy (non-hydrogen) atoms. The van der Waals surface area contributed by atoms with Crippen LogP contribution < -0.4 is 5.32 Å². The lowest BCUT2D eigenvalue weighted by atomic mass is 9.99. The zero-order chi connectivity index (χ0) is 21.1. The summed E-state index contributed by atoms with van der Waals surface area (Å²) in [6, 6.07) is 6.51. The number of para-hydroxylation sites is 1. The quantitative estimate of drug-likeness (QED) is 0.591. The zero-order valence-corrected chi connectivity index (χ0v) is 18.5. The van der Waals surface area contributed by atoms with Crippen LogP contribution in [0.3, 0.4) is 0 Å². The maximum absolute atomic E-state index is 12.8. The molecule has 0 aliphatic rings. The lowest BCUT2D eigenvalue weighted by Gasteiger charge is -2.15. The molecule has 0 saturated carbocycles. The summed E-state index contributed by atoms with van der Waals surface area (Å²) in [5.74, 6) is 0.0531. The monoisotopic (exact) mass is 392 g/mol. The average molecular weight is 393 g/mol. The molecule has 0 aliphatic heterocycles. The first-order valence-corrected chi connectivity index (χ1v) is 10.6. The summed E-state index contributed by atoms with van der Waals surface area (Å²) in [6.07, 6.45) is 4.82. The van der Waals surface area contributed by atoms with Gasteiger partial charge in [-0.2, -0.15) is 5.10 Å². The number of aromatic nitrogens is 3. The van der Waals surface area contributed by atoms with E-state index in [4.69, 9.17) is 4.98 Å². The van der Waals surface area contributed by atoms with E-state index in [0.717, 1.165) is 40.8 Å². The molecule has 1 aromatic carbocycles. The second-order valence-corrected chi connectivity index (χ2v) is 7.93. The number of benzene rings is 1. The summed E-state index contributed by atoms with van der Waals surface area (Å²) in [7, 11) is 0. The molecule has 0 bridgehead atoms. The highest BCUT2D eigenvalue weighted by Gasteiger charge is 2.16. The number of pyridine rings is 1. The number of carbonyl (C=O) groups is 1. The van der Waals surface area contributed by atoms with Crippen LogP contribution in [0.1, 0.15) is 68.1 Å². The van der Waals surface area contributed by atoms with Gasteiger partial charge in [0.15, 0.2) is 5.65 Å². The first-order chi connectivity index (χ1) is 13.9. The first kappa shape index (κ1) is 21.0. The number of hydrogen-bond donors (Lipinski definition) is 1. The van der Waals surface area contributed by atoms with Crippen LogP contribution in [0.4, 0.5) is 5.69 Å². The van der Waals surface area contributed by atoms with Crippen molar-refractivity contribution in [1.29, 1.82) is 0 Å². The maximum Gasteiger partial charge on any atom is 0.224 e. The first-order valence-electron chi connectivity index (χ1n) is 10.6. The van der Waals surface area contributed by atoms with Crippen LogP contribution in [0, 0.1) is 13.8 Å². The van der Waals surface area contributed by atoms with Crippen molar-refractivity contribution >= 4 is 22.6 Å². The number of rotatable bonds is 7. The van der Waals surface area contributed by atoms with E-state index in [2.05, 4.69) is 63.2 Å². The van der Waals surface area contributed by atoms with Gasteiger partial charge in [0.1, 0.15) is 0 Å². The molecule has 3 rings (SSSR count). The molecular formula is C24H32N4O. The van der Waals surface area contributed by atoms with Crippen LogP contribution >= 0.6 is 0 Å². The molecule has 0 radical (unpaired) electrons. The van der Waals surface area contributed by atoms with Crippen molar-refractivity contribution in [2.45, 2.75) is 73.3 Å². The third kappa shape index (κ3) is 4.19. The molecule has 2 aromatic heterocycles. The van der Waals surface area contributed by atoms with Gasteiger partial charge in [0.05, 0.1) is 6.20 Å². The summed E-state index contributed by atoms with van der Waals surface area (Å²) in [5, 5.41) is 8.75. The molecule has 0 aliphatic carbocycles. The number of hydrogen-bond acceptors (Lipinski definition) is 3. The van der Waals surface area contributed by atoms with Gasteiger partial charge < -0.3 is 5.32 Å². The number of amides is 1. The minimum absolute atomic E-state index is 0.0531. The Balaban J connectivity index is 1.80. The van der Waals surface area contributed by atoms with E-state index in [1.807, 2.05) is 17.8 Å². The van der Waals surface area contributed by atoms with E-state index in [1.54, 1.807) is 0 Å². The van der Waals surface area contributed by atoms with Crippen LogP contribution in [0.5, 0.6) is 0 Å². The van der Waals surface area contributed by atoms with E-state index in [-0.39, 0.29) is 11.9 Å². The van der Waals surface area contributed by atoms with Crippen molar-refractivity contribution in [3.63, 3.8) is 0 Å². The molecule has 0 fully saturated rings. The normalized spacial score (nSPS) is 11.4. The van der Waals surface area contributed by atoms with Gasteiger partial charge in [0, 0.05) is 29.2 Å². The molecule has 0 atom stereocenters. The minimum Gasteiger partial charge on any atom is -0.326 e. The van der Waals surface area contributed by atoms with Crippen LogP contribution in [0.25, 0.3) is 11.0 Å². The summed E-state index contributed by atoms with van der Waals surface area (Å²) < 4.78 is 1.96. The molecule has 0 unspecified atom stereocenters. The molecule has 5 heteroatoms. The molecule has 5 nitrogen and oxygen atoms in total. The molecular weight excluding hydrogens is 360 g/mol. The number of carbonyl (C=O) groups excluding carboxylic acids is 1. The summed E-state index contributed by atoms with van der Waals surface area (Å²) >= 11 is 0. The van der Waals surface area contributed by atoms with Crippen LogP contribution in [0.15, 0.2) is 24.4 Å². The van der Waals surface area contributed by atoms with Crippen molar-refractivity contribution in [2.24, 2.45) is 0 Å². The Bertz CT molecular complexity index is 1010. The lowest BCUT2D eigenvalue weighted by molar-refractivity contribution is -0.116. The average Bonchev–Trinajstić information content (AvgIpc) is 3.12. The minimum atomic E-state index is 0.0531. The number of anilines is 1. The third-order valence-corrected chi connectivity index (χ3v) is 5.69. The number of nitrogens with one attached hydrogen (secondary N) is 1. The standard InChI is InChI=1S/C24H32N4O/c1-7-18-10-9-11-19(8-2)23(18)27-22(29)13-12-20-16(5)21-14-25-28(15(3)4)24(21)26-17(20)6/h9-11,14-15H,7-8,12-13H2,1-6H3,(H,27,29). The van der Waals surface area contributed by atoms with Crippen LogP contribution in [0.2, 0.25) is 0 Å². The van der Waals surface area contributed by atoms with Gasteiger partial charge in [0.25, 0.3) is 0 Å². The van der Waals surface area contributed by atoms with Crippen molar-refractivity contribution in [3.05, 3.63) is 52.3 Å². The SMILES string of the molecule is CCc1cccc(CC)c1NC(=O)CCc1c(C)nc2c(cnn2C(C)C)c1C. The second kappa shape index (κ2) is 8.76. The molecule has 2 heterocycles. The Kier molecular flexibility index (Phi) is 6.36. The van der Waals surface area contributed by atoms with Crippen molar-refractivity contribution in [2.75, 3.05) is 5.32 Å². The topological polar surface area (TPSA) is 59.8 Å². The van der Waals surface area contributed by atoms with Crippen molar-refractivity contribution < 1.29 is 4.79 Å². The van der Waals surface area contributed by atoms with E-state index >= 15 is 0 Å². The maximum atomic E-state index is 12.8. The van der Waals surface area contributed by atoms with E-state index in [1.165, 1.54) is 16.7 Å². The Morgan fingerprint density at radius 3 is 2.38 bits per heavy atom. The van der Waals surface area contributed by atoms with Gasteiger partial charge >= 0.3 is 0 Å². The fourth-order valence-corrected chi connectivity index (χ4v) is 3.98. The Labute approximate surface area is 173 Å². The van der Waals surface area contributed by atoms with Gasteiger partial charge in [-0.3, -0.25) is 4.79 Å². The third-order valence-electron chi connectivity index (χ3n) is 5.69. The predicted molar refractivity (Wildman–Crippen MR) is 120 cm³/mol. The van der Waals surface area contributed by atoms with Crippen LogP contribution in [-0.2, 0) is 24.1 Å². The molecule has 1 amide bonds. The van der Waals surface area contributed by atoms with Crippen molar-refractivity contribution in [3.8, 4) is 0 Å². The van der Waals surface area contributed by atoms with E-state index < -0.39 is 0 Å². The van der Waals surface area contributed by atoms with Crippen LogP contribution in [-0.4, -0.2) is 20.7 Å². The number of fused-ring (bicyclic) bond motifs is 1. The smallest absolute Gasteiger partial charge is 0.224 e. The van der Waals surface area contributed by atoms with Gasteiger partial charge in [-0.1, -0.05) is 32.0 Å². The van der Waals surface area contributed by atoms with Gasteiger partial charge in [0.2, 0.25) is 5.91 Å². The summed E-state index contributed by atoms with van der Waals surface area (Å²) in [6.45, 7) is 12.6. The fraction of sp³-hybridized carbons (Fsp3) is 0.458.